The summed E-state index contributed by atoms with van der Waals surface area (Å²) in [4.78, 5) is 6.83. The third kappa shape index (κ3) is 6.27. The van der Waals surface area contributed by atoms with E-state index in [1.54, 1.807) is 0 Å². The molecule has 0 aliphatic heterocycles. The average Bonchev–Trinajstić information content (AvgIpc) is 3.52. The van der Waals surface area contributed by atoms with Crippen LogP contribution in [-0.2, 0) is 7.05 Å². The fourth-order valence-electron chi connectivity index (χ4n) is 6.72. The molecule has 1 unspecified atom stereocenters. The van der Waals surface area contributed by atoms with Crippen LogP contribution in [0, 0.1) is 6.92 Å². The third-order valence-electron chi connectivity index (χ3n) is 9.13. The molecule has 2 heterocycles. The zero-order valence-corrected chi connectivity index (χ0v) is 30.0. The topological polar surface area (TPSA) is 29.9 Å². The molecular formula is C41H51N3S. The van der Waals surface area contributed by atoms with E-state index in [4.69, 9.17) is 4.98 Å². The highest BCUT2D eigenvalue weighted by Gasteiger charge is 2.30. The molecule has 0 aliphatic carbocycles. The third-order valence-corrected chi connectivity index (χ3v) is 10.2. The summed E-state index contributed by atoms with van der Waals surface area (Å²) in [6.45, 7) is 27.1. The number of fused-ring (bicyclic) bond motifs is 1. The minimum Gasteiger partial charge on any atom is -0.371 e. The van der Waals surface area contributed by atoms with Crippen molar-refractivity contribution < 1.29 is 0 Å². The molecule has 2 aromatic heterocycles. The van der Waals surface area contributed by atoms with E-state index in [1.807, 2.05) is 11.3 Å². The summed E-state index contributed by atoms with van der Waals surface area (Å²) in [5.41, 5.74) is 12.6. The van der Waals surface area contributed by atoms with Crippen molar-refractivity contribution >= 4 is 32.7 Å². The highest BCUT2D eigenvalue weighted by Crippen LogP contribution is 2.44. The fraction of sp³-hybridized carbons (Fsp3) is 0.390. The van der Waals surface area contributed by atoms with Gasteiger partial charge in [-0.25, -0.2) is 4.98 Å². The average molecular weight is 618 g/mol. The van der Waals surface area contributed by atoms with Gasteiger partial charge < -0.3 is 9.88 Å². The molecule has 0 radical (unpaired) electrons. The lowest BCUT2D eigenvalue weighted by Crippen LogP contribution is -2.23. The van der Waals surface area contributed by atoms with Crippen LogP contribution in [0.3, 0.4) is 0 Å². The van der Waals surface area contributed by atoms with Crippen LogP contribution in [0.5, 0.6) is 0 Å². The van der Waals surface area contributed by atoms with Gasteiger partial charge >= 0.3 is 0 Å². The lowest BCUT2D eigenvalue weighted by atomic mass is 9.81. The predicted octanol–water partition coefficient (Wildman–Crippen LogP) is 12.3. The number of para-hydroxylation sites is 1. The Hall–Kier alpha value is -3.63. The summed E-state index contributed by atoms with van der Waals surface area (Å²) >= 11 is 1.85. The van der Waals surface area contributed by atoms with Crippen LogP contribution < -0.4 is 5.32 Å². The largest absolute Gasteiger partial charge is 0.371 e. The second-order valence-electron chi connectivity index (χ2n) is 14.0. The van der Waals surface area contributed by atoms with Crippen molar-refractivity contribution in [3.05, 3.63) is 111 Å². The molecule has 45 heavy (non-hydrogen) atoms. The van der Waals surface area contributed by atoms with Crippen LogP contribution in [0.1, 0.15) is 136 Å². The number of hydrogen-bond acceptors (Lipinski definition) is 3. The summed E-state index contributed by atoms with van der Waals surface area (Å²) in [6, 6.07) is 20.1. The Balaban J connectivity index is 1.84. The summed E-state index contributed by atoms with van der Waals surface area (Å²) in [5, 5.41) is 5.47. The first-order valence-corrected chi connectivity index (χ1v) is 17.4. The molecule has 1 N–H and O–H groups in total. The van der Waals surface area contributed by atoms with E-state index in [2.05, 4.69) is 154 Å². The summed E-state index contributed by atoms with van der Waals surface area (Å²) in [7, 11) is 2.16. The molecule has 1 atom stereocenters. The van der Waals surface area contributed by atoms with E-state index in [0.29, 0.717) is 23.7 Å². The summed E-state index contributed by atoms with van der Waals surface area (Å²) in [6.07, 6.45) is 2.23. The highest BCUT2D eigenvalue weighted by atomic mass is 32.1. The maximum Gasteiger partial charge on any atom is 0.136 e. The number of nitrogens with one attached hydrogen (secondary N) is 1. The summed E-state index contributed by atoms with van der Waals surface area (Å²) in [5.74, 6) is 2.44. The van der Waals surface area contributed by atoms with Crippen molar-refractivity contribution in [1.82, 2.24) is 9.55 Å². The van der Waals surface area contributed by atoms with Gasteiger partial charge in [-0.2, -0.15) is 0 Å². The Bertz CT molecular complexity index is 1790. The number of aromatic nitrogens is 2. The van der Waals surface area contributed by atoms with Crippen molar-refractivity contribution in [1.29, 1.82) is 0 Å². The molecule has 0 saturated heterocycles. The molecule has 5 rings (SSSR count). The first-order valence-electron chi connectivity index (χ1n) is 16.5. The minimum atomic E-state index is -0.152. The van der Waals surface area contributed by atoms with Crippen molar-refractivity contribution in [2.24, 2.45) is 7.05 Å². The van der Waals surface area contributed by atoms with Crippen molar-refractivity contribution in [3.63, 3.8) is 0 Å². The van der Waals surface area contributed by atoms with Crippen molar-refractivity contribution in [2.45, 2.75) is 99.0 Å². The van der Waals surface area contributed by atoms with Gasteiger partial charge in [0, 0.05) is 39.5 Å². The predicted molar refractivity (Wildman–Crippen MR) is 198 cm³/mol. The fourth-order valence-corrected chi connectivity index (χ4v) is 7.79. The monoisotopic (exact) mass is 617 g/mol. The number of allylic oxidation sites excluding steroid dienone is 1. The number of imidazole rings is 1. The van der Waals surface area contributed by atoms with Gasteiger partial charge in [0.05, 0.1) is 5.69 Å². The van der Waals surface area contributed by atoms with E-state index in [0.717, 1.165) is 17.1 Å². The smallest absolute Gasteiger partial charge is 0.136 e. The molecule has 5 aromatic rings. The Morgan fingerprint density at radius 3 is 1.89 bits per heavy atom. The van der Waals surface area contributed by atoms with Gasteiger partial charge in [-0.1, -0.05) is 116 Å². The molecule has 3 nitrogen and oxygen atoms in total. The molecule has 0 spiro atoms. The van der Waals surface area contributed by atoms with Gasteiger partial charge in [0.25, 0.3) is 0 Å². The van der Waals surface area contributed by atoms with E-state index < -0.39 is 0 Å². The van der Waals surface area contributed by atoms with Crippen LogP contribution in [-0.4, -0.2) is 9.55 Å². The maximum atomic E-state index is 5.53. The molecule has 236 valence electrons. The number of thiophene rings is 1. The van der Waals surface area contributed by atoms with Gasteiger partial charge in [-0.3, -0.25) is 0 Å². The first-order chi connectivity index (χ1) is 21.3. The quantitative estimate of drug-likeness (QED) is 0.169. The SMILES string of the molecule is C=C(C)c1cc(C(C)C)c(C(Nc2c(C(C)C)cccc2C(C)C)c2nc(-c3c(C)sc4ccccc34)cn2C)c(C(C)C)c1. The normalized spacial score (nSPS) is 12.7. The van der Waals surface area contributed by atoms with Gasteiger partial charge in [0.1, 0.15) is 11.9 Å². The Kier molecular flexibility index (Phi) is 9.46. The first kappa shape index (κ1) is 32.8. The number of benzene rings is 3. The van der Waals surface area contributed by atoms with E-state index in [1.165, 1.54) is 59.6 Å². The van der Waals surface area contributed by atoms with E-state index in [-0.39, 0.29) is 6.04 Å². The van der Waals surface area contributed by atoms with E-state index in [9.17, 15) is 0 Å². The number of aryl methyl sites for hydroxylation is 2. The van der Waals surface area contributed by atoms with Gasteiger partial charge in [-0.05, 0) is 77.0 Å². The lowest BCUT2D eigenvalue weighted by Gasteiger charge is -2.31. The molecule has 4 heteroatoms. The molecule has 0 amide bonds. The Morgan fingerprint density at radius 2 is 1.36 bits per heavy atom. The molecule has 3 aromatic carbocycles. The number of rotatable bonds is 10. The van der Waals surface area contributed by atoms with Crippen molar-refractivity contribution in [3.8, 4) is 11.3 Å². The maximum absolute atomic E-state index is 5.53. The number of anilines is 1. The molecule has 0 bridgehead atoms. The second-order valence-corrected chi connectivity index (χ2v) is 15.2. The number of hydrogen-bond donors (Lipinski definition) is 1. The molecule has 0 aliphatic rings. The second kappa shape index (κ2) is 13.0. The minimum absolute atomic E-state index is 0.152. The van der Waals surface area contributed by atoms with Crippen LogP contribution >= 0.6 is 11.3 Å². The van der Waals surface area contributed by atoms with Gasteiger partial charge in [0.2, 0.25) is 0 Å². The summed E-state index contributed by atoms with van der Waals surface area (Å²) < 4.78 is 3.56. The number of nitrogens with zero attached hydrogens (tertiary/aromatic N) is 2. The Morgan fingerprint density at radius 1 is 0.800 bits per heavy atom. The van der Waals surface area contributed by atoms with Crippen LogP contribution in [0.2, 0.25) is 0 Å². The van der Waals surface area contributed by atoms with Crippen LogP contribution in [0.4, 0.5) is 5.69 Å². The Labute approximate surface area is 275 Å². The highest BCUT2D eigenvalue weighted by molar-refractivity contribution is 7.19. The zero-order valence-electron chi connectivity index (χ0n) is 29.2. The molecule has 0 fully saturated rings. The van der Waals surface area contributed by atoms with Gasteiger partial charge in [-0.15, -0.1) is 11.3 Å². The van der Waals surface area contributed by atoms with Gasteiger partial charge in [0.15, 0.2) is 0 Å². The van der Waals surface area contributed by atoms with Crippen LogP contribution in [0.25, 0.3) is 26.9 Å². The molecular weight excluding hydrogens is 567 g/mol. The van der Waals surface area contributed by atoms with Crippen LogP contribution in [0.15, 0.2) is 67.4 Å². The zero-order chi connectivity index (χ0) is 32.7. The standard InChI is InChI=1S/C41H51N3S/c1-23(2)29-20-33(26(7)8)38(34(21-29)27(9)10)40(43-39-30(24(3)4)17-15-18-31(39)25(5)6)41-42-35(22-44(41)12)37-28(11)45-36-19-14-13-16-32(36)37/h13-22,24-27,40,43H,1H2,2-12H3. The van der Waals surface area contributed by atoms with Crippen molar-refractivity contribution in [2.75, 3.05) is 5.32 Å². The van der Waals surface area contributed by atoms with E-state index >= 15 is 0 Å². The molecule has 0 saturated carbocycles. The lowest BCUT2D eigenvalue weighted by molar-refractivity contribution is 0.705.